The molecule has 0 aromatic heterocycles. The van der Waals surface area contributed by atoms with Gasteiger partial charge in [0.2, 0.25) is 5.91 Å². The summed E-state index contributed by atoms with van der Waals surface area (Å²) in [5.41, 5.74) is 0.971. The van der Waals surface area contributed by atoms with E-state index in [1.54, 1.807) is 0 Å². The second kappa shape index (κ2) is 10.2. The number of rotatable bonds is 8. The molecule has 1 amide bonds. The highest BCUT2D eigenvalue weighted by Gasteiger charge is 2.28. The van der Waals surface area contributed by atoms with Crippen LogP contribution >= 0.6 is 0 Å². The van der Waals surface area contributed by atoms with Crippen LogP contribution in [0.1, 0.15) is 13.8 Å². The summed E-state index contributed by atoms with van der Waals surface area (Å²) in [6.45, 7) is 10.1. The molecule has 0 aliphatic carbocycles. The number of carbonyl (C=O) groups is 1. The third kappa shape index (κ3) is 5.33. The summed E-state index contributed by atoms with van der Waals surface area (Å²) in [6.07, 6.45) is 0. The van der Waals surface area contributed by atoms with E-state index in [-0.39, 0.29) is 11.9 Å². The Morgan fingerprint density at radius 1 is 1.00 bits per heavy atom. The van der Waals surface area contributed by atoms with Crippen LogP contribution in [-0.2, 0) is 4.79 Å². The molecule has 0 bridgehead atoms. The monoisotopic (exact) mass is 381 g/mol. The van der Waals surface area contributed by atoms with E-state index in [1.807, 2.05) is 79.4 Å². The molecule has 0 spiro atoms. The fourth-order valence-corrected chi connectivity index (χ4v) is 3.64. The zero-order valence-corrected chi connectivity index (χ0v) is 17.0. The van der Waals surface area contributed by atoms with Gasteiger partial charge in [-0.15, -0.1) is 0 Å². The van der Waals surface area contributed by atoms with Crippen LogP contribution in [0.2, 0.25) is 0 Å². The van der Waals surface area contributed by atoms with Gasteiger partial charge in [-0.1, -0.05) is 36.4 Å². The van der Waals surface area contributed by atoms with Gasteiger partial charge in [0.1, 0.15) is 12.4 Å². The van der Waals surface area contributed by atoms with E-state index in [1.165, 1.54) is 0 Å². The minimum Gasteiger partial charge on any atom is -0.492 e. The zero-order chi connectivity index (χ0) is 19.8. The van der Waals surface area contributed by atoms with Crippen molar-refractivity contribution in [2.75, 3.05) is 50.8 Å². The highest BCUT2D eigenvalue weighted by Crippen LogP contribution is 2.17. The van der Waals surface area contributed by atoms with Crippen molar-refractivity contribution in [2.45, 2.75) is 19.9 Å². The Hall–Kier alpha value is -2.37. The Kier molecular flexibility index (Phi) is 7.46. The average molecular weight is 382 g/mol. The molecular formula is C23H31N3O2. The standard InChI is InChI=1S/C23H31N3O2/c1-3-26(21-10-6-4-7-11-21)23(27)20(2)25-16-14-24(15-17-25)18-19-28-22-12-8-5-9-13-22/h4-13,20H,3,14-19H2,1-2H3. The van der Waals surface area contributed by atoms with Gasteiger partial charge in [-0.2, -0.15) is 0 Å². The van der Waals surface area contributed by atoms with Gasteiger partial charge in [-0.25, -0.2) is 0 Å². The van der Waals surface area contributed by atoms with Crippen molar-refractivity contribution in [3.63, 3.8) is 0 Å². The Bertz CT molecular complexity index is 715. The Morgan fingerprint density at radius 2 is 1.61 bits per heavy atom. The molecule has 2 aromatic rings. The molecule has 1 unspecified atom stereocenters. The Labute approximate surface area is 168 Å². The summed E-state index contributed by atoms with van der Waals surface area (Å²) in [5.74, 6) is 1.09. The molecule has 1 aliphatic rings. The summed E-state index contributed by atoms with van der Waals surface area (Å²) >= 11 is 0. The van der Waals surface area contributed by atoms with E-state index in [4.69, 9.17) is 4.74 Å². The van der Waals surface area contributed by atoms with Gasteiger partial charge in [0, 0.05) is 45.0 Å². The molecule has 5 nitrogen and oxygen atoms in total. The van der Waals surface area contributed by atoms with E-state index in [0.717, 1.165) is 44.2 Å². The van der Waals surface area contributed by atoms with Crippen molar-refractivity contribution >= 4 is 11.6 Å². The van der Waals surface area contributed by atoms with Crippen LogP contribution in [0.4, 0.5) is 5.69 Å². The Morgan fingerprint density at radius 3 is 2.21 bits per heavy atom. The van der Waals surface area contributed by atoms with E-state index in [9.17, 15) is 4.79 Å². The van der Waals surface area contributed by atoms with Crippen molar-refractivity contribution in [1.29, 1.82) is 0 Å². The second-order valence-corrected chi connectivity index (χ2v) is 7.13. The van der Waals surface area contributed by atoms with Gasteiger partial charge in [-0.3, -0.25) is 14.6 Å². The molecule has 1 aliphatic heterocycles. The van der Waals surface area contributed by atoms with Gasteiger partial charge >= 0.3 is 0 Å². The fourth-order valence-electron chi connectivity index (χ4n) is 3.64. The molecule has 150 valence electrons. The van der Waals surface area contributed by atoms with Gasteiger partial charge in [0.25, 0.3) is 0 Å². The number of piperazine rings is 1. The van der Waals surface area contributed by atoms with Crippen molar-refractivity contribution in [3.05, 3.63) is 60.7 Å². The predicted octanol–water partition coefficient (Wildman–Crippen LogP) is 3.12. The van der Waals surface area contributed by atoms with Gasteiger partial charge in [0.15, 0.2) is 0 Å². The normalized spacial score (nSPS) is 16.5. The quantitative estimate of drug-likeness (QED) is 0.704. The molecule has 0 radical (unpaired) electrons. The predicted molar refractivity (Wildman–Crippen MR) is 114 cm³/mol. The number of para-hydroxylation sites is 2. The van der Waals surface area contributed by atoms with Crippen LogP contribution < -0.4 is 9.64 Å². The molecule has 1 atom stereocenters. The third-order valence-corrected chi connectivity index (χ3v) is 5.38. The van der Waals surface area contributed by atoms with Crippen molar-refractivity contribution in [3.8, 4) is 5.75 Å². The lowest BCUT2D eigenvalue weighted by atomic mass is 10.2. The molecule has 1 heterocycles. The maximum atomic E-state index is 13.0. The zero-order valence-electron chi connectivity index (χ0n) is 17.0. The summed E-state index contributed by atoms with van der Waals surface area (Å²) < 4.78 is 5.80. The molecule has 3 rings (SSSR count). The number of carbonyl (C=O) groups excluding carboxylic acids is 1. The third-order valence-electron chi connectivity index (χ3n) is 5.38. The first-order valence-electron chi connectivity index (χ1n) is 10.2. The summed E-state index contributed by atoms with van der Waals surface area (Å²) in [6, 6.07) is 19.8. The highest BCUT2D eigenvalue weighted by molar-refractivity contribution is 5.96. The van der Waals surface area contributed by atoms with E-state index in [0.29, 0.717) is 13.2 Å². The van der Waals surface area contributed by atoms with Gasteiger partial charge in [-0.05, 0) is 38.1 Å². The van der Waals surface area contributed by atoms with Crippen molar-refractivity contribution in [1.82, 2.24) is 9.80 Å². The molecule has 28 heavy (non-hydrogen) atoms. The number of nitrogens with zero attached hydrogens (tertiary/aromatic N) is 3. The second-order valence-electron chi connectivity index (χ2n) is 7.13. The first kappa shape index (κ1) is 20.4. The summed E-state index contributed by atoms with van der Waals surface area (Å²) in [7, 11) is 0. The van der Waals surface area contributed by atoms with Crippen LogP contribution in [0.25, 0.3) is 0 Å². The maximum Gasteiger partial charge on any atom is 0.244 e. The van der Waals surface area contributed by atoms with Crippen LogP contribution in [-0.4, -0.2) is 67.6 Å². The van der Waals surface area contributed by atoms with Crippen LogP contribution in [0.3, 0.4) is 0 Å². The smallest absolute Gasteiger partial charge is 0.244 e. The van der Waals surface area contributed by atoms with Crippen LogP contribution in [0.5, 0.6) is 5.75 Å². The number of ether oxygens (including phenoxy) is 1. The van der Waals surface area contributed by atoms with Crippen molar-refractivity contribution < 1.29 is 9.53 Å². The molecule has 5 heteroatoms. The van der Waals surface area contributed by atoms with Gasteiger partial charge < -0.3 is 9.64 Å². The molecule has 2 aromatic carbocycles. The van der Waals surface area contributed by atoms with E-state index in [2.05, 4.69) is 9.80 Å². The van der Waals surface area contributed by atoms with Crippen LogP contribution in [0.15, 0.2) is 60.7 Å². The first-order chi connectivity index (χ1) is 13.7. The molecule has 1 saturated heterocycles. The number of hydrogen-bond acceptors (Lipinski definition) is 4. The number of benzene rings is 2. The lowest BCUT2D eigenvalue weighted by molar-refractivity contribution is -0.123. The Balaban J connectivity index is 1.45. The molecular weight excluding hydrogens is 350 g/mol. The topological polar surface area (TPSA) is 36.0 Å². The number of hydrogen-bond donors (Lipinski definition) is 0. The van der Waals surface area contributed by atoms with E-state index >= 15 is 0 Å². The summed E-state index contributed by atoms with van der Waals surface area (Å²) in [5, 5.41) is 0. The SMILES string of the molecule is CCN(C(=O)C(C)N1CCN(CCOc2ccccc2)CC1)c1ccccc1. The highest BCUT2D eigenvalue weighted by atomic mass is 16.5. The maximum absolute atomic E-state index is 13.0. The number of likely N-dealkylation sites (N-methyl/N-ethyl adjacent to an activating group) is 1. The first-order valence-corrected chi connectivity index (χ1v) is 10.2. The van der Waals surface area contributed by atoms with E-state index < -0.39 is 0 Å². The number of anilines is 1. The minimum absolute atomic E-state index is 0.108. The molecule has 0 saturated carbocycles. The van der Waals surface area contributed by atoms with Gasteiger partial charge in [0.05, 0.1) is 6.04 Å². The van der Waals surface area contributed by atoms with Crippen LogP contribution in [0, 0.1) is 0 Å². The number of amides is 1. The minimum atomic E-state index is -0.108. The average Bonchev–Trinajstić information content (AvgIpc) is 2.76. The molecule has 1 fully saturated rings. The lowest BCUT2D eigenvalue weighted by Gasteiger charge is -2.38. The fraction of sp³-hybridized carbons (Fsp3) is 0.435. The summed E-state index contributed by atoms with van der Waals surface area (Å²) in [4.78, 5) is 19.6. The molecule has 0 N–H and O–H groups in total. The lowest BCUT2D eigenvalue weighted by Crippen LogP contribution is -2.55. The van der Waals surface area contributed by atoms with Crippen molar-refractivity contribution in [2.24, 2.45) is 0 Å². The largest absolute Gasteiger partial charge is 0.492 e.